The summed E-state index contributed by atoms with van der Waals surface area (Å²) < 4.78 is 5.34. The van der Waals surface area contributed by atoms with Gasteiger partial charge in [-0.2, -0.15) is 0 Å². The second kappa shape index (κ2) is 11.5. The van der Waals surface area contributed by atoms with Crippen molar-refractivity contribution >= 4 is 41.3 Å². The topological polar surface area (TPSA) is 69.8 Å². The van der Waals surface area contributed by atoms with Gasteiger partial charge in [-0.05, 0) is 36.9 Å². The predicted octanol–water partition coefficient (Wildman–Crippen LogP) is 3.74. The van der Waals surface area contributed by atoms with E-state index in [9.17, 15) is 5.11 Å². The minimum absolute atomic E-state index is 0. The van der Waals surface area contributed by atoms with Gasteiger partial charge >= 0.3 is 0 Å². The molecule has 1 unspecified atom stereocenters. The molecule has 3 N–H and O–H groups in total. The smallest absolute Gasteiger partial charge is 0.191 e. The van der Waals surface area contributed by atoms with E-state index in [1.165, 1.54) is 0 Å². The summed E-state index contributed by atoms with van der Waals surface area (Å²) in [6.45, 7) is 5.87. The molecule has 1 atom stereocenters. The number of nitrogens with one attached hydrogen (secondary N) is 2. The average Bonchev–Trinajstić information content (AvgIpc) is 3.26. The minimum atomic E-state index is -0.950. The second-order valence-electron chi connectivity index (χ2n) is 5.95. The highest BCUT2D eigenvalue weighted by molar-refractivity contribution is 14.0. The van der Waals surface area contributed by atoms with Crippen LogP contribution >= 0.6 is 35.3 Å². The van der Waals surface area contributed by atoms with E-state index in [1.54, 1.807) is 24.5 Å². The Labute approximate surface area is 171 Å². The Balaban J connectivity index is 0.00000312. The molecular formula is C18H28IN3O2S. The normalized spacial score (nSPS) is 13.8. The van der Waals surface area contributed by atoms with Crippen LogP contribution in [0.2, 0.25) is 0 Å². The Bertz CT molecular complexity index is 598. The number of hydrogen-bond donors (Lipinski definition) is 3. The molecule has 2 aromatic rings. The summed E-state index contributed by atoms with van der Waals surface area (Å²) in [6, 6.07) is 7.74. The molecule has 0 aromatic carbocycles. The maximum absolute atomic E-state index is 10.6. The molecule has 7 heteroatoms. The van der Waals surface area contributed by atoms with Gasteiger partial charge in [-0.1, -0.05) is 19.4 Å². The fourth-order valence-corrected chi connectivity index (χ4v) is 2.99. The fraction of sp³-hybridized carbons (Fsp3) is 0.500. The van der Waals surface area contributed by atoms with Crippen molar-refractivity contribution in [1.82, 2.24) is 10.6 Å². The molecule has 0 saturated carbocycles. The van der Waals surface area contributed by atoms with Gasteiger partial charge in [-0.3, -0.25) is 0 Å². The maximum atomic E-state index is 10.6. The first-order valence-electron chi connectivity index (χ1n) is 8.43. The highest BCUT2D eigenvalue weighted by atomic mass is 127. The SMILES string of the molecule is CCCCNC(=NCC(C)(O)c1cccs1)NCCc1ccco1.I. The highest BCUT2D eigenvalue weighted by Crippen LogP contribution is 2.25. The molecular weight excluding hydrogens is 449 g/mol. The van der Waals surface area contributed by atoms with E-state index in [1.807, 2.05) is 29.6 Å². The van der Waals surface area contributed by atoms with Crippen LogP contribution in [0.1, 0.15) is 37.3 Å². The number of aliphatic hydroxyl groups is 1. The van der Waals surface area contributed by atoms with E-state index in [-0.39, 0.29) is 24.0 Å². The van der Waals surface area contributed by atoms with E-state index in [2.05, 4.69) is 22.5 Å². The van der Waals surface area contributed by atoms with Gasteiger partial charge in [0.15, 0.2) is 5.96 Å². The van der Waals surface area contributed by atoms with Crippen LogP contribution in [-0.4, -0.2) is 30.7 Å². The number of hydrogen-bond acceptors (Lipinski definition) is 4. The van der Waals surface area contributed by atoms with E-state index < -0.39 is 5.60 Å². The minimum Gasteiger partial charge on any atom is -0.469 e. The summed E-state index contributed by atoms with van der Waals surface area (Å²) in [7, 11) is 0. The third-order valence-electron chi connectivity index (χ3n) is 3.66. The molecule has 2 rings (SSSR count). The summed E-state index contributed by atoms with van der Waals surface area (Å²) in [4.78, 5) is 5.49. The van der Waals surface area contributed by atoms with Crippen molar-refractivity contribution in [2.75, 3.05) is 19.6 Å². The predicted molar refractivity (Wildman–Crippen MR) is 115 cm³/mol. The molecule has 0 saturated heterocycles. The van der Waals surface area contributed by atoms with Crippen LogP contribution in [0, 0.1) is 0 Å². The lowest BCUT2D eigenvalue weighted by Crippen LogP contribution is -2.40. The van der Waals surface area contributed by atoms with Gasteiger partial charge in [0.25, 0.3) is 0 Å². The number of furan rings is 1. The number of rotatable bonds is 9. The van der Waals surface area contributed by atoms with Crippen LogP contribution in [0.15, 0.2) is 45.3 Å². The number of halogens is 1. The fourth-order valence-electron chi connectivity index (χ4n) is 2.21. The second-order valence-corrected chi connectivity index (χ2v) is 6.90. The lowest BCUT2D eigenvalue weighted by atomic mass is 10.1. The molecule has 0 aliphatic rings. The monoisotopic (exact) mass is 477 g/mol. The van der Waals surface area contributed by atoms with Crippen LogP contribution in [0.3, 0.4) is 0 Å². The van der Waals surface area contributed by atoms with Crippen LogP contribution in [0.5, 0.6) is 0 Å². The Morgan fingerprint density at radius 1 is 1.28 bits per heavy atom. The number of guanidine groups is 1. The Morgan fingerprint density at radius 3 is 2.72 bits per heavy atom. The maximum Gasteiger partial charge on any atom is 0.191 e. The molecule has 0 spiro atoms. The Hall–Kier alpha value is -1.06. The molecule has 0 aliphatic carbocycles. The first-order valence-corrected chi connectivity index (χ1v) is 9.30. The summed E-state index contributed by atoms with van der Waals surface area (Å²) in [6.07, 6.45) is 4.69. The summed E-state index contributed by atoms with van der Waals surface area (Å²) in [5.41, 5.74) is -0.950. The van der Waals surface area contributed by atoms with Crippen molar-refractivity contribution in [1.29, 1.82) is 0 Å². The van der Waals surface area contributed by atoms with Crippen molar-refractivity contribution in [2.24, 2.45) is 4.99 Å². The van der Waals surface area contributed by atoms with Crippen LogP contribution < -0.4 is 10.6 Å². The largest absolute Gasteiger partial charge is 0.469 e. The third kappa shape index (κ3) is 7.79. The molecule has 140 valence electrons. The molecule has 2 heterocycles. The lowest BCUT2D eigenvalue weighted by Gasteiger charge is -2.20. The number of unbranched alkanes of at least 4 members (excludes halogenated alkanes) is 1. The first-order chi connectivity index (χ1) is 11.6. The molecule has 0 radical (unpaired) electrons. The highest BCUT2D eigenvalue weighted by Gasteiger charge is 2.23. The van der Waals surface area contributed by atoms with Crippen LogP contribution in [0.25, 0.3) is 0 Å². The molecule has 0 fully saturated rings. The van der Waals surface area contributed by atoms with E-state index in [0.29, 0.717) is 6.54 Å². The average molecular weight is 477 g/mol. The summed E-state index contributed by atoms with van der Waals surface area (Å²) in [5.74, 6) is 1.67. The van der Waals surface area contributed by atoms with Crippen molar-refractivity contribution in [3.63, 3.8) is 0 Å². The zero-order valence-corrected chi connectivity index (χ0v) is 18.0. The van der Waals surface area contributed by atoms with Gasteiger partial charge in [0.1, 0.15) is 11.4 Å². The molecule has 0 bridgehead atoms. The third-order valence-corrected chi connectivity index (χ3v) is 4.79. The van der Waals surface area contributed by atoms with Crippen LogP contribution in [0.4, 0.5) is 0 Å². The quantitative estimate of drug-likeness (QED) is 0.223. The number of thiophene rings is 1. The van der Waals surface area contributed by atoms with Gasteiger partial charge in [-0.15, -0.1) is 35.3 Å². The van der Waals surface area contributed by atoms with Crippen molar-refractivity contribution in [3.8, 4) is 0 Å². The van der Waals surface area contributed by atoms with Gasteiger partial charge < -0.3 is 20.2 Å². The van der Waals surface area contributed by atoms with E-state index >= 15 is 0 Å². The first kappa shape index (κ1) is 22.0. The summed E-state index contributed by atoms with van der Waals surface area (Å²) in [5, 5.41) is 19.2. The molecule has 5 nitrogen and oxygen atoms in total. The van der Waals surface area contributed by atoms with E-state index in [4.69, 9.17) is 4.42 Å². The molecule has 25 heavy (non-hydrogen) atoms. The van der Waals surface area contributed by atoms with Gasteiger partial charge in [0, 0.05) is 24.4 Å². The number of aliphatic imine (C=N–C) groups is 1. The van der Waals surface area contributed by atoms with Gasteiger partial charge in [-0.25, -0.2) is 4.99 Å². The van der Waals surface area contributed by atoms with Crippen LogP contribution in [-0.2, 0) is 12.0 Å². The van der Waals surface area contributed by atoms with Gasteiger partial charge in [0.2, 0.25) is 0 Å². The number of nitrogens with zero attached hydrogens (tertiary/aromatic N) is 1. The van der Waals surface area contributed by atoms with E-state index in [0.717, 1.165) is 48.9 Å². The van der Waals surface area contributed by atoms with Gasteiger partial charge in [0.05, 0.1) is 12.8 Å². The zero-order valence-electron chi connectivity index (χ0n) is 14.8. The standard InChI is InChI=1S/C18H27N3O2S.HI/c1-3-4-10-19-17(20-11-9-15-7-5-12-23-15)21-14-18(2,22)16-8-6-13-24-16;/h5-8,12-13,22H,3-4,9-11,14H2,1-2H3,(H2,19,20,21);1H. The molecule has 2 aromatic heterocycles. The zero-order chi connectivity index (χ0) is 17.3. The molecule has 0 aliphatic heterocycles. The van der Waals surface area contributed by atoms with Crippen molar-refractivity contribution in [3.05, 3.63) is 46.5 Å². The summed E-state index contributed by atoms with van der Waals surface area (Å²) >= 11 is 1.55. The van der Waals surface area contributed by atoms with Crippen molar-refractivity contribution < 1.29 is 9.52 Å². The Morgan fingerprint density at radius 2 is 2.08 bits per heavy atom. The lowest BCUT2D eigenvalue weighted by molar-refractivity contribution is 0.0711. The Kier molecular flexibility index (Phi) is 10.1. The molecule has 0 amide bonds. The van der Waals surface area contributed by atoms with Crippen molar-refractivity contribution in [2.45, 2.75) is 38.7 Å².